The van der Waals surface area contributed by atoms with Crippen molar-refractivity contribution in [1.82, 2.24) is 0 Å². The summed E-state index contributed by atoms with van der Waals surface area (Å²) in [6.07, 6.45) is 2.21. The molecule has 7 nitrogen and oxygen atoms in total. The fraction of sp³-hybridized carbons (Fsp3) is 0.875. The molecule has 0 aliphatic carbocycles. The predicted octanol–water partition coefficient (Wildman–Crippen LogP) is 1.14. The zero-order valence-corrected chi connectivity index (χ0v) is 14.7. The van der Waals surface area contributed by atoms with Crippen molar-refractivity contribution in [1.29, 1.82) is 0 Å². The van der Waals surface area contributed by atoms with Crippen molar-refractivity contribution >= 4 is 11.9 Å². The van der Waals surface area contributed by atoms with E-state index in [1.807, 2.05) is 20.8 Å². The number of esters is 1. The van der Waals surface area contributed by atoms with E-state index >= 15 is 0 Å². The fourth-order valence-electron chi connectivity index (χ4n) is 2.51. The smallest absolute Gasteiger partial charge is 0.322 e. The lowest BCUT2D eigenvalue weighted by Crippen LogP contribution is -2.38. The summed E-state index contributed by atoms with van der Waals surface area (Å²) < 4.78 is 10.3. The monoisotopic (exact) mass is 332 g/mol. The Bertz CT molecular complexity index is 373. The summed E-state index contributed by atoms with van der Waals surface area (Å²) in [6.45, 7) is 6.65. The molecule has 0 rings (SSSR count). The minimum Gasteiger partial charge on any atom is -0.480 e. The number of hydrogen-bond acceptors (Lipinski definition) is 6. The number of aliphatic carboxylic acids is 1. The summed E-state index contributed by atoms with van der Waals surface area (Å²) in [5.74, 6) is -1.34. The first-order valence-electron chi connectivity index (χ1n) is 8.02. The Morgan fingerprint density at radius 2 is 1.83 bits per heavy atom. The second kappa shape index (κ2) is 10.6. The van der Waals surface area contributed by atoms with Crippen molar-refractivity contribution in [2.75, 3.05) is 20.3 Å². The van der Waals surface area contributed by atoms with Crippen molar-refractivity contribution in [3.63, 3.8) is 0 Å². The maximum atomic E-state index is 11.9. The van der Waals surface area contributed by atoms with Crippen LogP contribution in [0.3, 0.4) is 0 Å². The molecule has 136 valence electrons. The van der Waals surface area contributed by atoms with Crippen LogP contribution in [0.4, 0.5) is 0 Å². The number of carbonyl (C=O) groups excluding carboxylic acids is 1. The van der Waals surface area contributed by atoms with Crippen LogP contribution in [0.2, 0.25) is 0 Å². The number of nitrogens with two attached hydrogens (primary N) is 2. The summed E-state index contributed by atoms with van der Waals surface area (Å²) in [7, 11) is 1.61. The first kappa shape index (κ1) is 21.8. The van der Waals surface area contributed by atoms with Crippen LogP contribution >= 0.6 is 0 Å². The van der Waals surface area contributed by atoms with Gasteiger partial charge in [-0.3, -0.25) is 9.59 Å². The number of methoxy groups -OCH3 is 1. The summed E-state index contributed by atoms with van der Waals surface area (Å²) in [4.78, 5) is 22.7. The highest BCUT2D eigenvalue weighted by Crippen LogP contribution is 2.22. The van der Waals surface area contributed by atoms with Gasteiger partial charge < -0.3 is 26.0 Å². The van der Waals surface area contributed by atoms with Gasteiger partial charge in [-0.15, -0.1) is 0 Å². The summed E-state index contributed by atoms with van der Waals surface area (Å²) in [5, 5.41) is 8.83. The highest BCUT2D eigenvalue weighted by Gasteiger charge is 2.26. The van der Waals surface area contributed by atoms with E-state index in [4.69, 9.17) is 26.0 Å². The molecule has 7 heteroatoms. The average Bonchev–Trinajstić information content (AvgIpc) is 2.44. The molecular weight excluding hydrogens is 300 g/mol. The van der Waals surface area contributed by atoms with Gasteiger partial charge in [0, 0.05) is 7.11 Å². The van der Waals surface area contributed by atoms with Gasteiger partial charge in [-0.25, -0.2) is 0 Å². The number of carboxylic acids is 1. The van der Waals surface area contributed by atoms with Gasteiger partial charge in [0.05, 0.1) is 13.2 Å². The van der Waals surface area contributed by atoms with E-state index < -0.39 is 24.0 Å². The van der Waals surface area contributed by atoms with E-state index in [0.29, 0.717) is 25.9 Å². The molecule has 0 fully saturated rings. The standard InChI is InChI=1S/C16H32N2O5/c1-5-11(8-12(17)14(19)20)6-7-23-15(21)13(18)9-16(2,3)10-22-4/h11-13H,5-10,17-18H2,1-4H3,(H,19,20). The van der Waals surface area contributed by atoms with Gasteiger partial charge in [0.15, 0.2) is 0 Å². The number of carbonyl (C=O) groups is 2. The number of ether oxygens (including phenoxy) is 2. The SMILES string of the molecule is CCC(CCOC(=O)C(N)CC(C)(C)COC)CC(N)C(=O)O. The van der Waals surface area contributed by atoms with Crippen LogP contribution in [0.25, 0.3) is 0 Å². The summed E-state index contributed by atoms with van der Waals surface area (Å²) in [5.41, 5.74) is 11.2. The molecule has 0 aromatic heterocycles. The highest BCUT2D eigenvalue weighted by molar-refractivity contribution is 5.75. The van der Waals surface area contributed by atoms with Crippen molar-refractivity contribution in [2.45, 2.75) is 58.5 Å². The van der Waals surface area contributed by atoms with Gasteiger partial charge in [0.25, 0.3) is 0 Å². The van der Waals surface area contributed by atoms with E-state index in [1.54, 1.807) is 7.11 Å². The van der Waals surface area contributed by atoms with Crippen molar-refractivity contribution in [2.24, 2.45) is 22.8 Å². The van der Waals surface area contributed by atoms with Crippen LogP contribution in [0.15, 0.2) is 0 Å². The third kappa shape index (κ3) is 9.53. The van der Waals surface area contributed by atoms with E-state index in [9.17, 15) is 9.59 Å². The molecule has 0 aliphatic heterocycles. The third-order valence-electron chi connectivity index (χ3n) is 3.86. The van der Waals surface area contributed by atoms with Crippen molar-refractivity contribution in [3.05, 3.63) is 0 Å². The minimum atomic E-state index is -1.01. The van der Waals surface area contributed by atoms with Gasteiger partial charge in [-0.05, 0) is 30.6 Å². The molecule has 0 bridgehead atoms. The molecule has 0 heterocycles. The Hall–Kier alpha value is -1.18. The van der Waals surface area contributed by atoms with E-state index in [2.05, 4.69) is 0 Å². The Kier molecular flexibility index (Phi) is 10.0. The van der Waals surface area contributed by atoms with E-state index in [0.717, 1.165) is 6.42 Å². The number of hydrogen-bond donors (Lipinski definition) is 3. The largest absolute Gasteiger partial charge is 0.480 e. The molecule has 0 aromatic rings. The molecule has 0 spiro atoms. The maximum absolute atomic E-state index is 11.9. The van der Waals surface area contributed by atoms with Gasteiger partial charge in [-0.1, -0.05) is 27.2 Å². The Morgan fingerprint density at radius 1 is 1.22 bits per heavy atom. The molecular formula is C16H32N2O5. The zero-order valence-electron chi connectivity index (χ0n) is 14.7. The van der Waals surface area contributed by atoms with Crippen molar-refractivity contribution in [3.8, 4) is 0 Å². The fourth-order valence-corrected chi connectivity index (χ4v) is 2.51. The second-order valence-electron chi connectivity index (χ2n) is 6.82. The molecule has 0 saturated carbocycles. The Balaban J connectivity index is 4.19. The molecule has 0 radical (unpaired) electrons. The van der Waals surface area contributed by atoms with Crippen molar-refractivity contribution < 1.29 is 24.2 Å². The maximum Gasteiger partial charge on any atom is 0.322 e. The van der Waals surface area contributed by atoms with Crippen LogP contribution in [-0.2, 0) is 19.1 Å². The first-order chi connectivity index (χ1) is 10.6. The van der Waals surface area contributed by atoms with Crippen LogP contribution < -0.4 is 11.5 Å². The number of rotatable bonds is 12. The van der Waals surface area contributed by atoms with Gasteiger partial charge >= 0.3 is 11.9 Å². The lowest BCUT2D eigenvalue weighted by molar-refractivity contribution is -0.147. The highest BCUT2D eigenvalue weighted by atomic mass is 16.5. The van der Waals surface area contributed by atoms with Crippen LogP contribution in [0.5, 0.6) is 0 Å². The molecule has 0 aliphatic rings. The third-order valence-corrected chi connectivity index (χ3v) is 3.86. The van der Waals surface area contributed by atoms with Gasteiger partial charge in [-0.2, -0.15) is 0 Å². The zero-order chi connectivity index (χ0) is 18.0. The second-order valence-corrected chi connectivity index (χ2v) is 6.82. The van der Waals surface area contributed by atoms with E-state index in [-0.39, 0.29) is 17.9 Å². The van der Waals surface area contributed by atoms with Crippen LogP contribution in [0, 0.1) is 11.3 Å². The molecule has 0 saturated heterocycles. The normalized spacial score (nSPS) is 15.7. The molecule has 5 N–H and O–H groups in total. The molecule has 3 unspecified atom stereocenters. The van der Waals surface area contributed by atoms with Crippen LogP contribution in [0.1, 0.15) is 46.5 Å². The summed E-state index contributed by atoms with van der Waals surface area (Å²) >= 11 is 0. The summed E-state index contributed by atoms with van der Waals surface area (Å²) in [6, 6.07) is -1.57. The predicted molar refractivity (Wildman–Crippen MR) is 87.8 cm³/mol. The number of carboxylic acid groups (broad SMARTS) is 1. The molecule has 23 heavy (non-hydrogen) atoms. The molecule has 0 amide bonds. The minimum absolute atomic E-state index is 0.107. The molecule has 3 atom stereocenters. The quantitative estimate of drug-likeness (QED) is 0.458. The topological polar surface area (TPSA) is 125 Å². The average molecular weight is 332 g/mol. The lowest BCUT2D eigenvalue weighted by Gasteiger charge is -2.26. The lowest BCUT2D eigenvalue weighted by atomic mass is 9.87. The Labute approximate surface area is 138 Å². The first-order valence-corrected chi connectivity index (χ1v) is 8.02. The Morgan fingerprint density at radius 3 is 2.30 bits per heavy atom. The van der Waals surface area contributed by atoms with Gasteiger partial charge in [0.2, 0.25) is 0 Å². The van der Waals surface area contributed by atoms with E-state index in [1.165, 1.54) is 0 Å². The molecule has 0 aromatic carbocycles. The van der Waals surface area contributed by atoms with Crippen LogP contribution in [-0.4, -0.2) is 49.5 Å². The van der Waals surface area contributed by atoms with Gasteiger partial charge in [0.1, 0.15) is 12.1 Å².